The molecule has 2 rings (SSSR count). The summed E-state index contributed by atoms with van der Waals surface area (Å²) in [6, 6.07) is 2.07. The van der Waals surface area contributed by atoms with Gasteiger partial charge >= 0.3 is 6.18 Å². The van der Waals surface area contributed by atoms with E-state index in [9.17, 15) is 13.2 Å². The van der Waals surface area contributed by atoms with Crippen molar-refractivity contribution in [1.82, 2.24) is 4.98 Å². The Kier molecular flexibility index (Phi) is 4.04. The first-order chi connectivity index (χ1) is 9.83. The summed E-state index contributed by atoms with van der Waals surface area (Å²) >= 11 is 5.96. The number of hydrogen-bond donors (Lipinski definition) is 0. The predicted octanol–water partition coefficient (Wildman–Crippen LogP) is 3.93. The molecule has 0 N–H and O–H groups in total. The minimum Gasteiger partial charge on any atom is -0.493 e. The lowest BCUT2D eigenvalue weighted by Crippen LogP contribution is -2.08. The van der Waals surface area contributed by atoms with E-state index in [0.717, 1.165) is 6.07 Å². The van der Waals surface area contributed by atoms with Crippen LogP contribution in [0.25, 0.3) is 10.9 Å². The molecule has 0 aliphatic carbocycles. The minimum atomic E-state index is -4.60. The largest absolute Gasteiger partial charge is 0.493 e. The van der Waals surface area contributed by atoms with Crippen LogP contribution in [0.15, 0.2) is 12.1 Å². The van der Waals surface area contributed by atoms with Crippen LogP contribution in [0.3, 0.4) is 0 Å². The van der Waals surface area contributed by atoms with Gasteiger partial charge in [-0.25, -0.2) is 4.98 Å². The van der Waals surface area contributed by atoms with Crippen LogP contribution in [0, 0.1) is 0 Å². The highest BCUT2D eigenvalue weighted by molar-refractivity contribution is 6.36. The molecule has 21 heavy (non-hydrogen) atoms. The summed E-state index contributed by atoms with van der Waals surface area (Å²) in [5, 5.41) is 0.0925. The highest BCUT2D eigenvalue weighted by Crippen LogP contribution is 2.46. The van der Waals surface area contributed by atoms with E-state index in [4.69, 9.17) is 25.8 Å². The second-order valence-corrected chi connectivity index (χ2v) is 4.43. The lowest BCUT2D eigenvalue weighted by atomic mass is 10.1. The maximum absolute atomic E-state index is 12.8. The Bertz CT molecular complexity index is 689. The molecular weight excluding hydrogens is 311 g/mol. The summed E-state index contributed by atoms with van der Waals surface area (Å²) < 4.78 is 53.8. The molecule has 0 fully saturated rings. The van der Waals surface area contributed by atoms with Gasteiger partial charge in [-0.15, -0.1) is 0 Å². The molecule has 0 radical (unpaired) electrons. The van der Waals surface area contributed by atoms with E-state index in [2.05, 4.69) is 4.98 Å². The first-order valence-electron chi connectivity index (χ1n) is 5.69. The first kappa shape index (κ1) is 15.5. The van der Waals surface area contributed by atoms with Crippen molar-refractivity contribution in [1.29, 1.82) is 0 Å². The minimum absolute atomic E-state index is 0.00400. The molecule has 8 heteroatoms. The zero-order valence-corrected chi connectivity index (χ0v) is 12.1. The van der Waals surface area contributed by atoms with E-state index < -0.39 is 11.9 Å². The number of methoxy groups -OCH3 is 3. The standard InChI is InChI=1S/C13H11ClF3NO3/c1-19-8-5-7-10(12(21-3)11(8)20-2)6(14)4-9(18-7)13(15,16)17/h4-5H,1-3H3. The van der Waals surface area contributed by atoms with Gasteiger partial charge in [0.15, 0.2) is 11.5 Å². The Morgan fingerprint density at radius 2 is 1.62 bits per heavy atom. The maximum Gasteiger partial charge on any atom is 0.433 e. The SMILES string of the molecule is COc1cc2nc(C(F)(F)F)cc(Cl)c2c(OC)c1OC. The van der Waals surface area contributed by atoms with Gasteiger partial charge in [0.1, 0.15) is 5.69 Å². The predicted molar refractivity (Wildman–Crippen MR) is 71.4 cm³/mol. The monoisotopic (exact) mass is 321 g/mol. The van der Waals surface area contributed by atoms with Gasteiger partial charge in [0.25, 0.3) is 0 Å². The first-order valence-corrected chi connectivity index (χ1v) is 6.07. The highest BCUT2D eigenvalue weighted by atomic mass is 35.5. The van der Waals surface area contributed by atoms with Crippen LogP contribution >= 0.6 is 11.6 Å². The van der Waals surface area contributed by atoms with Gasteiger partial charge in [0.05, 0.1) is 37.3 Å². The van der Waals surface area contributed by atoms with E-state index in [1.54, 1.807) is 0 Å². The molecule has 114 valence electrons. The summed E-state index contributed by atoms with van der Waals surface area (Å²) in [6.45, 7) is 0. The van der Waals surface area contributed by atoms with Gasteiger partial charge in [0.2, 0.25) is 5.75 Å². The molecule has 0 spiro atoms. The summed E-state index contributed by atoms with van der Waals surface area (Å²) in [5.41, 5.74) is -1.08. The van der Waals surface area contributed by atoms with Gasteiger partial charge in [-0.1, -0.05) is 11.6 Å². The summed E-state index contributed by atoms with van der Waals surface area (Å²) in [4.78, 5) is 3.57. The third-order valence-electron chi connectivity index (χ3n) is 2.84. The topological polar surface area (TPSA) is 40.6 Å². The average Bonchev–Trinajstić information content (AvgIpc) is 2.43. The Balaban J connectivity index is 2.89. The molecule has 0 aliphatic heterocycles. The van der Waals surface area contributed by atoms with Crippen molar-refractivity contribution >= 4 is 22.5 Å². The number of ether oxygens (including phenoxy) is 3. The van der Waals surface area contributed by atoms with Crippen molar-refractivity contribution in [3.05, 3.63) is 22.8 Å². The van der Waals surface area contributed by atoms with Gasteiger partial charge < -0.3 is 14.2 Å². The smallest absolute Gasteiger partial charge is 0.433 e. The van der Waals surface area contributed by atoms with Crippen molar-refractivity contribution in [2.24, 2.45) is 0 Å². The molecule has 0 saturated carbocycles. The fourth-order valence-corrected chi connectivity index (χ4v) is 2.25. The van der Waals surface area contributed by atoms with Crippen molar-refractivity contribution in [2.45, 2.75) is 6.18 Å². The highest BCUT2D eigenvalue weighted by Gasteiger charge is 2.34. The second kappa shape index (κ2) is 5.48. The van der Waals surface area contributed by atoms with E-state index in [1.807, 2.05) is 0 Å². The molecule has 0 amide bonds. The molecular formula is C13H11ClF3NO3. The lowest BCUT2D eigenvalue weighted by molar-refractivity contribution is -0.140. The second-order valence-electron chi connectivity index (χ2n) is 4.03. The summed E-state index contributed by atoms with van der Waals surface area (Å²) in [5.74, 6) is 0.596. The molecule has 0 aliphatic rings. The van der Waals surface area contributed by atoms with Gasteiger partial charge in [-0.3, -0.25) is 0 Å². The number of alkyl halides is 3. The van der Waals surface area contributed by atoms with E-state index in [1.165, 1.54) is 27.4 Å². The van der Waals surface area contributed by atoms with E-state index >= 15 is 0 Å². The van der Waals surface area contributed by atoms with Gasteiger partial charge in [0, 0.05) is 6.07 Å². The number of nitrogens with zero attached hydrogens (tertiary/aromatic N) is 1. The molecule has 2 aromatic rings. The van der Waals surface area contributed by atoms with Crippen LogP contribution in [0.1, 0.15) is 5.69 Å². The van der Waals surface area contributed by atoms with E-state index in [-0.39, 0.29) is 33.2 Å². The number of benzene rings is 1. The van der Waals surface area contributed by atoms with Crippen LogP contribution < -0.4 is 14.2 Å². The molecule has 1 aromatic carbocycles. The van der Waals surface area contributed by atoms with Crippen molar-refractivity contribution in [3.63, 3.8) is 0 Å². The van der Waals surface area contributed by atoms with E-state index in [0.29, 0.717) is 0 Å². The molecule has 0 unspecified atom stereocenters. The molecule has 1 heterocycles. The molecule has 0 atom stereocenters. The quantitative estimate of drug-likeness (QED) is 0.858. The third kappa shape index (κ3) is 2.65. The molecule has 4 nitrogen and oxygen atoms in total. The number of rotatable bonds is 3. The van der Waals surface area contributed by atoms with Crippen LogP contribution in [0.5, 0.6) is 17.2 Å². The average molecular weight is 322 g/mol. The van der Waals surface area contributed by atoms with Crippen molar-refractivity contribution < 1.29 is 27.4 Å². The Hall–Kier alpha value is -1.89. The lowest BCUT2D eigenvalue weighted by Gasteiger charge is -2.16. The van der Waals surface area contributed by atoms with Crippen LogP contribution in [-0.2, 0) is 6.18 Å². The molecule has 0 saturated heterocycles. The number of aromatic nitrogens is 1. The normalized spacial score (nSPS) is 11.6. The van der Waals surface area contributed by atoms with Crippen LogP contribution in [-0.4, -0.2) is 26.3 Å². The van der Waals surface area contributed by atoms with Crippen molar-refractivity contribution in [2.75, 3.05) is 21.3 Å². The van der Waals surface area contributed by atoms with Crippen LogP contribution in [0.2, 0.25) is 5.02 Å². The number of hydrogen-bond acceptors (Lipinski definition) is 4. The zero-order valence-electron chi connectivity index (χ0n) is 11.3. The molecule has 0 bridgehead atoms. The Morgan fingerprint density at radius 3 is 2.10 bits per heavy atom. The third-order valence-corrected chi connectivity index (χ3v) is 3.14. The number of pyridine rings is 1. The number of halogens is 4. The Morgan fingerprint density at radius 1 is 1.00 bits per heavy atom. The maximum atomic E-state index is 12.8. The van der Waals surface area contributed by atoms with Crippen LogP contribution in [0.4, 0.5) is 13.2 Å². The Labute approximate surface area is 123 Å². The summed E-state index contributed by atoms with van der Waals surface area (Å²) in [6.07, 6.45) is -4.60. The van der Waals surface area contributed by atoms with Crippen molar-refractivity contribution in [3.8, 4) is 17.2 Å². The number of fused-ring (bicyclic) bond motifs is 1. The fraction of sp³-hybridized carbons (Fsp3) is 0.308. The van der Waals surface area contributed by atoms with Gasteiger partial charge in [-0.05, 0) is 6.07 Å². The summed E-state index contributed by atoms with van der Waals surface area (Å²) in [7, 11) is 4.10. The fourth-order valence-electron chi connectivity index (χ4n) is 1.96. The molecule has 1 aromatic heterocycles. The van der Waals surface area contributed by atoms with Gasteiger partial charge in [-0.2, -0.15) is 13.2 Å². The zero-order chi connectivity index (χ0) is 15.8.